The van der Waals surface area contributed by atoms with Crippen LogP contribution in [0.15, 0.2) is 29.2 Å². The largest absolute Gasteiger partial charge is 0.269 e. The molecule has 1 N–H and O–H groups in total. The van der Waals surface area contributed by atoms with E-state index in [0.29, 0.717) is 6.04 Å². The molecule has 0 bridgehead atoms. The van der Waals surface area contributed by atoms with Crippen LogP contribution in [0.3, 0.4) is 0 Å². The van der Waals surface area contributed by atoms with Crippen LogP contribution < -0.4 is 4.72 Å². The molecular weight excluding hydrogens is 224 g/mol. The summed E-state index contributed by atoms with van der Waals surface area (Å²) in [6.07, 6.45) is 5.08. The topological polar surface area (TPSA) is 55.2 Å². The molecule has 0 atom stereocenters. The Morgan fingerprint density at radius 3 is 2.44 bits per heavy atom. The molecule has 86 valence electrons. The van der Waals surface area contributed by atoms with E-state index < -0.39 is 0 Å². The molecule has 1 aliphatic rings. The Bertz CT molecular complexity index is 361. The van der Waals surface area contributed by atoms with Crippen LogP contribution in [0.1, 0.15) is 25.7 Å². The molecule has 0 radical (unpaired) electrons. The summed E-state index contributed by atoms with van der Waals surface area (Å²) in [5.74, 6) is 0. The van der Waals surface area contributed by atoms with Crippen LogP contribution in [-0.4, -0.2) is 11.0 Å². The lowest BCUT2D eigenvalue weighted by Crippen LogP contribution is -2.18. The molecule has 1 aliphatic carbocycles. The number of rotatable bonds is 4. The van der Waals surface area contributed by atoms with Gasteiger partial charge >= 0.3 is 0 Å². The van der Waals surface area contributed by atoms with E-state index in [-0.39, 0.29) is 10.6 Å². The normalized spacial score (nSPS) is 16.5. The Morgan fingerprint density at radius 1 is 1.25 bits per heavy atom. The molecule has 1 saturated carbocycles. The number of benzene rings is 1. The second kappa shape index (κ2) is 5.32. The zero-order valence-corrected chi connectivity index (χ0v) is 9.70. The van der Waals surface area contributed by atoms with Gasteiger partial charge in [-0.15, -0.1) is 0 Å². The van der Waals surface area contributed by atoms with Crippen molar-refractivity contribution in [3.63, 3.8) is 0 Å². The molecule has 0 aliphatic heterocycles. The Balaban J connectivity index is 1.87. The molecule has 0 saturated heterocycles. The first-order valence-electron chi connectivity index (χ1n) is 5.42. The highest BCUT2D eigenvalue weighted by atomic mass is 32.2. The van der Waals surface area contributed by atoms with Crippen LogP contribution in [0.5, 0.6) is 0 Å². The van der Waals surface area contributed by atoms with Crippen molar-refractivity contribution < 1.29 is 4.92 Å². The van der Waals surface area contributed by atoms with Gasteiger partial charge in [0.15, 0.2) is 0 Å². The van der Waals surface area contributed by atoms with Gasteiger partial charge in [-0.1, -0.05) is 12.8 Å². The fraction of sp³-hybridized carbons (Fsp3) is 0.455. The monoisotopic (exact) mass is 238 g/mol. The smallest absolute Gasteiger partial charge is 0.258 e. The average molecular weight is 238 g/mol. The van der Waals surface area contributed by atoms with E-state index in [0.717, 1.165) is 4.90 Å². The summed E-state index contributed by atoms with van der Waals surface area (Å²) in [7, 11) is 0. The molecule has 1 aromatic rings. The van der Waals surface area contributed by atoms with E-state index in [2.05, 4.69) is 4.72 Å². The van der Waals surface area contributed by atoms with E-state index in [1.165, 1.54) is 25.7 Å². The molecule has 0 heterocycles. The molecule has 0 aromatic heterocycles. The SMILES string of the molecule is O=[N+]([O-])c1ccc(SNC2CCCC2)cc1. The zero-order valence-electron chi connectivity index (χ0n) is 8.89. The number of non-ortho nitro benzene ring substituents is 1. The maximum atomic E-state index is 10.5. The minimum absolute atomic E-state index is 0.144. The molecule has 16 heavy (non-hydrogen) atoms. The van der Waals surface area contributed by atoms with Crippen molar-refractivity contribution in [3.8, 4) is 0 Å². The summed E-state index contributed by atoms with van der Waals surface area (Å²) in [5, 5.41) is 10.5. The van der Waals surface area contributed by atoms with Crippen molar-refractivity contribution in [1.29, 1.82) is 0 Å². The van der Waals surface area contributed by atoms with Gasteiger partial charge in [-0.05, 0) is 36.9 Å². The quantitative estimate of drug-likeness (QED) is 0.497. The highest BCUT2D eigenvalue weighted by molar-refractivity contribution is 7.97. The highest BCUT2D eigenvalue weighted by Crippen LogP contribution is 2.24. The number of nitrogens with one attached hydrogen (secondary N) is 1. The molecule has 1 fully saturated rings. The molecule has 0 spiro atoms. The van der Waals surface area contributed by atoms with Gasteiger partial charge < -0.3 is 0 Å². The second-order valence-electron chi connectivity index (χ2n) is 3.95. The zero-order chi connectivity index (χ0) is 11.4. The molecule has 0 amide bonds. The van der Waals surface area contributed by atoms with Gasteiger partial charge in [0.05, 0.1) is 4.92 Å². The maximum absolute atomic E-state index is 10.5. The van der Waals surface area contributed by atoms with Gasteiger partial charge in [0.25, 0.3) is 5.69 Å². The van der Waals surface area contributed by atoms with E-state index in [1.54, 1.807) is 36.2 Å². The lowest BCUT2D eigenvalue weighted by Gasteiger charge is -2.10. The van der Waals surface area contributed by atoms with E-state index in [4.69, 9.17) is 0 Å². The highest BCUT2D eigenvalue weighted by Gasteiger charge is 2.14. The lowest BCUT2D eigenvalue weighted by atomic mass is 10.3. The first-order valence-corrected chi connectivity index (χ1v) is 6.24. The van der Waals surface area contributed by atoms with Gasteiger partial charge in [0.2, 0.25) is 0 Å². The molecule has 1 aromatic carbocycles. The first-order chi connectivity index (χ1) is 7.75. The van der Waals surface area contributed by atoms with Crippen molar-refractivity contribution in [3.05, 3.63) is 34.4 Å². The third kappa shape index (κ3) is 2.96. The molecule has 5 heteroatoms. The fourth-order valence-electron chi connectivity index (χ4n) is 1.83. The van der Waals surface area contributed by atoms with Gasteiger partial charge in [-0.2, -0.15) is 0 Å². The molecule has 2 rings (SSSR count). The minimum Gasteiger partial charge on any atom is -0.258 e. The predicted octanol–water partition coefficient (Wildman–Crippen LogP) is 3.13. The number of nitro groups is 1. The van der Waals surface area contributed by atoms with E-state index >= 15 is 0 Å². The summed E-state index contributed by atoms with van der Waals surface area (Å²) in [6.45, 7) is 0. The third-order valence-electron chi connectivity index (χ3n) is 2.75. The summed E-state index contributed by atoms with van der Waals surface area (Å²) in [5.41, 5.74) is 0.144. The van der Waals surface area contributed by atoms with Crippen LogP contribution >= 0.6 is 11.9 Å². The van der Waals surface area contributed by atoms with Gasteiger partial charge in [-0.3, -0.25) is 14.8 Å². The van der Waals surface area contributed by atoms with E-state index in [1.807, 2.05) is 0 Å². The van der Waals surface area contributed by atoms with Crippen molar-refractivity contribution in [2.75, 3.05) is 0 Å². The Kier molecular flexibility index (Phi) is 3.79. The van der Waals surface area contributed by atoms with Gasteiger partial charge in [0, 0.05) is 23.1 Å². The number of hydrogen-bond acceptors (Lipinski definition) is 4. The number of nitrogens with zero attached hydrogens (tertiary/aromatic N) is 1. The molecule has 4 nitrogen and oxygen atoms in total. The Labute approximate surface area is 98.7 Å². The van der Waals surface area contributed by atoms with Gasteiger partial charge in [0.1, 0.15) is 0 Å². The van der Waals surface area contributed by atoms with Crippen molar-refractivity contribution in [1.82, 2.24) is 4.72 Å². The predicted molar refractivity (Wildman–Crippen MR) is 64.3 cm³/mol. The summed E-state index contributed by atoms with van der Waals surface area (Å²) in [4.78, 5) is 11.1. The van der Waals surface area contributed by atoms with Crippen LogP contribution in [0.2, 0.25) is 0 Å². The number of hydrogen-bond donors (Lipinski definition) is 1. The third-order valence-corrected chi connectivity index (χ3v) is 3.71. The Morgan fingerprint density at radius 2 is 1.88 bits per heavy atom. The minimum atomic E-state index is -0.376. The van der Waals surface area contributed by atoms with Gasteiger partial charge in [-0.25, -0.2) is 0 Å². The van der Waals surface area contributed by atoms with Crippen LogP contribution in [0.4, 0.5) is 5.69 Å². The van der Waals surface area contributed by atoms with Crippen molar-refractivity contribution in [2.24, 2.45) is 0 Å². The first kappa shape index (κ1) is 11.4. The maximum Gasteiger partial charge on any atom is 0.269 e. The summed E-state index contributed by atoms with van der Waals surface area (Å²) >= 11 is 1.57. The molecular formula is C11H14N2O2S. The summed E-state index contributed by atoms with van der Waals surface area (Å²) < 4.78 is 3.39. The standard InChI is InChI=1S/C11H14N2O2S/c14-13(15)10-5-7-11(8-6-10)16-12-9-3-1-2-4-9/h5-9,12H,1-4H2. The lowest BCUT2D eigenvalue weighted by molar-refractivity contribution is -0.384. The Hall–Kier alpha value is -1.07. The van der Waals surface area contributed by atoms with Crippen LogP contribution in [-0.2, 0) is 0 Å². The summed E-state index contributed by atoms with van der Waals surface area (Å²) in [6, 6.07) is 7.24. The fourth-order valence-corrected chi connectivity index (χ4v) is 2.64. The average Bonchev–Trinajstić information content (AvgIpc) is 2.80. The van der Waals surface area contributed by atoms with Crippen molar-refractivity contribution in [2.45, 2.75) is 36.6 Å². The molecule has 0 unspecified atom stereocenters. The second-order valence-corrected chi connectivity index (χ2v) is 4.86. The van der Waals surface area contributed by atoms with Crippen molar-refractivity contribution >= 4 is 17.6 Å². The van der Waals surface area contributed by atoms with Crippen LogP contribution in [0.25, 0.3) is 0 Å². The van der Waals surface area contributed by atoms with E-state index in [9.17, 15) is 10.1 Å². The number of nitro benzene ring substituents is 1. The van der Waals surface area contributed by atoms with Crippen LogP contribution in [0, 0.1) is 10.1 Å².